The average Bonchev–Trinajstić information content (AvgIpc) is 2.89. The van der Waals surface area contributed by atoms with Crippen molar-refractivity contribution in [3.63, 3.8) is 0 Å². The van der Waals surface area contributed by atoms with Gasteiger partial charge in [-0.25, -0.2) is 0 Å². The molecular formula is C31H36N4O6S. The zero-order valence-corrected chi connectivity index (χ0v) is 24.7. The maximum atomic E-state index is 14.1. The molecule has 0 bridgehead atoms. The fraction of sp³-hybridized carbons (Fsp3) is 0.387. The van der Waals surface area contributed by atoms with Crippen LogP contribution in [-0.2, 0) is 22.6 Å². The van der Waals surface area contributed by atoms with Gasteiger partial charge in [0.05, 0.1) is 11.1 Å². The number of Topliss-reactive ketones (excluding diaryl/α,β-unsaturated/α-hetero) is 2. The van der Waals surface area contributed by atoms with E-state index in [0.29, 0.717) is 12.1 Å². The number of carbonyl (C=O) groups is 3. The predicted octanol–water partition coefficient (Wildman–Crippen LogP) is 1.66. The summed E-state index contributed by atoms with van der Waals surface area (Å²) >= 11 is 4.49. The number of nitrogens with two attached hydrogens (primary N) is 2. The molecule has 0 aromatic heterocycles. The largest absolute Gasteiger partial charge is 0.508 e. The first-order valence-corrected chi connectivity index (χ1v) is 14.2. The van der Waals surface area contributed by atoms with Crippen molar-refractivity contribution in [3.8, 4) is 16.9 Å². The second-order valence-electron chi connectivity index (χ2n) is 11.9. The summed E-state index contributed by atoms with van der Waals surface area (Å²) in [5.41, 5.74) is 11.5. The molecule has 0 heterocycles. The Morgan fingerprint density at radius 1 is 1.17 bits per heavy atom. The number of primary amides is 1. The van der Waals surface area contributed by atoms with Crippen molar-refractivity contribution in [3.05, 3.63) is 74.4 Å². The van der Waals surface area contributed by atoms with Crippen molar-refractivity contribution in [2.75, 3.05) is 27.2 Å². The Hall–Kier alpha value is -3.48. The topological polar surface area (TPSA) is 179 Å². The highest BCUT2D eigenvalue weighted by molar-refractivity contribution is 7.84. The second kappa shape index (κ2) is 10.7. The van der Waals surface area contributed by atoms with E-state index in [1.807, 2.05) is 33.2 Å². The lowest BCUT2D eigenvalue weighted by Gasteiger charge is -2.53. The minimum atomic E-state index is -2.48. The van der Waals surface area contributed by atoms with Crippen LogP contribution in [0.4, 0.5) is 0 Å². The van der Waals surface area contributed by atoms with Crippen LogP contribution in [-0.4, -0.2) is 76.0 Å². The molecule has 3 aliphatic rings. The number of likely N-dealkylation sites (N-methyl/N-ethyl adjacent to an activating group) is 1. The molecule has 2 aromatic carbocycles. The van der Waals surface area contributed by atoms with Crippen LogP contribution in [0.3, 0.4) is 0 Å². The van der Waals surface area contributed by atoms with Crippen molar-refractivity contribution < 1.29 is 29.7 Å². The van der Waals surface area contributed by atoms with Gasteiger partial charge in [0.25, 0.3) is 5.91 Å². The highest BCUT2D eigenvalue weighted by atomic mass is 32.1. The fourth-order valence-corrected chi connectivity index (χ4v) is 7.22. The number of hydrogen-bond donors (Lipinski definition) is 7. The van der Waals surface area contributed by atoms with E-state index in [4.69, 9.17) is 11.5 Å². The summed E-state index contributed by atoms with van der Waals surface area (Å²) in [6, 6.07) is 9.41. The number of hydrogen-bond acceptors (Lipinski definition) is 10. The molecule has 1 amide bonds. The molecule has 0 saturated carbocycles. The molecule has 0 radical (unpaired) electrons. The third kappa shape index (κ3) is 4.56. The Morgan fingerprint density at radius 3 is 2.55 bits per heavy atom. The Bertz CT molecular complexity index is 1600. The van der Waals surface area contributed by atoms with Crippen LogP contribution in [0.25, 0.3) is 11.1 Å². The first-order valence-electron chi connectivity index (χ1n) is 13.8. The Balaban J connectivity index is 1.61. The van der Waals surface area contributed by atoms with E-state index in [2.05, 4.69) is 28.9 Å². The number of nitrogens with one attached hydrogen (secondary N) is 1. The molecule has 8 N–H and O–H groups in total. The zero-order chi connectivity index (χ0) is 30.7. The van der Waals surface area contributed by atoms with Gasteiger partial charge in [0.15, 0.2) is 17.2 Å². The maximum absolute atomic E-state index is 14.1. The lowest BCUT2D eigenvalue weighted by molar-refractivity contribution is -0.127. The average molecular weight is 593 g/mol. The molecule has 11 heteroatoms. The van der Waals surface area contributed by atoms with E-state index in [0.717, 1.165) is 35.3 Å². The molecule has 0 spiro atoms. The van der Waals surface area contributed by atoms with E-state index in [1.165, 1.54) is 6.07 Å². The molecule has 3 atom stereocenters. The molecule has 0 unspecified atom stereocenters. The Kier molecular flexibility index (Phi) is 7.61. The normalized spacial score (nSPS) is 25.5. The fourth-order valence-electron chi connectivity index (χ4n) is 6.61. The number of aliphatic hydroxyl groups is 2. The molecule has 5 rings (SSSR count). The van der Waals surface area contributed by atoms with Gasteiger partial charge in [-0.15, -0.1) is 12.6 Å². The summed E-state index contributed by atoms with van der Waals surface area (Å²) in [5, 5.41) is 37.1. The van der Waals surface area contributed by atoms with Gasteiger partial charge in [0.2, 0.25) is 0 Å². The maximum Gasteiger partial charge on any atom is 0.255 e. The summed E-state index contributed by atoms with van der Waals surface area (Å²) in [4.78, 5) is 40.7. The SMILES string of the molecule is Cc1ccc(CNCCN(C)C)cc1-c1ccc(O)c2c1C[C@H]1C[C@@]3(N)CC(=O)C(C(N)=O)=C(O)[C@@]3(O)C(S)=C1C2=O. The van der Waals surface area contributed by atoms with E-state index in [9.17, 15) is 29.7 Å². The Labute approximate surface area is 249 Å². The van der Waals surface area contributed by atoms with Gasteiger partial charge in [-0.05, 0) is 79.7 Å². The third-order valence-electron chi connectivity index (χ3n) is 8.79. The summed E-state index contributed by atoms with van der Waals surface area (Å²) in [6.07, 6.45) is -0.263. The van der Waals surface area contributed by atoms with Crippen molar-refractivity contribution in [2.24, 2.45) is 17.4 Å². The molecule has 0 saturated heterocycles. The first-order chi connectivity index (χ1) is 19.7. The number of phenols is 1. The summed E-state index contributed by atoms with van der Waals surface area (Å²) in [5.74, 6) is -4.37. The number of aromatic hydroxyl groups is 1. The van der Waals surface area contributed by atoms with Crippen LogP contribution in [0.5, 0.6) is 5.75 Å². The summed E-state index contributed by atoms with van der Waals surface area (Å²) in [6.45, 7) is 4.36. The van der Waals surface area contributed by atoms with Crippen molar-refractivity contribution in [1.82, 2.24) is 10.2 Å². The number of phenolic OH excluding ortho intramolecular Hbond substituents is 1. The molecule has 3 aliphatic carbocycles. The lowest BCUT2D eigenvalue weighted by Crippen LogP contribution is -2.69. The predicted molar refractivity (Wildman–Crippen MR) is 161 cm³/mol. The highest BCUT2D eigenvalue weighted by Crippen LogP contribution is 2.55. The number of amides is 1. The van der Waals surface area contributed by atoms with Gasteiger partial charge in [-0.1, -0.05) is 18.2 Å². The number of ketones is 2. The van der Waals surface area contributed by atoms with Crippen LogP contribution in [0.2, 0.25) is 0 Å². The van der Waals surface area contributed by atoms with E-state index >= 15 is 0 Å². The molecule has 222 valence electrons. The highest BCUT2D eigenvalue weighted by Gasteiger charge is 2.64. The lowest BCUT2D eigenvalue weighted by atomic mass is 9.57. The minimum absolute atomic E-state index is 0.0557. The molecule has 0 aliphatic heterocycles. The van der Waals surface area contributed by atoms with Gasteiger partial charge in [-0.3, -0.25) is 14.4 Å². The van der Waals surface area contributed by atoms with Crippen LogP contribution < -0.4 is 16.8 Å². The molecule has 10 nitrogen and oxygen atoms in total. The molecule has 42 heavy (non-hydrogen) atoms. The van der Waals surface area contributed by atoms with Crippen LogP contribution >= 0.6 is 12.6 Å². The van der Waals surface area contributed by atoms with E-state index < -0.39 is 52.3 Å². The standard InChI is InChI=1S/C31H36N4O6S/c1-15-4-5-16(14-34-8-9-35(2)3)10-19(15)18-6-7-21(36)24-20(18)11-17-12-30(33)13-22(37)25(29(32)40)27(39)31(30,41)28(42)23(17)26(24)38/h4-7,10,17,34,36,39,41-42H,8-9,11-14,33H2,1-3H3,(H2,32,40)/t17-,30+,31+/m0/s1. The Morgan fingerprint density at radius 2 is 1.88 bits per heavy atom. The van der Waals surface area contributed by atoms with Gasteiger partial charge in [-0.2, -0.15) is 0 Å². The number of aliphatic hydroxyl groups excluding tert-OH is 1. The first kappa shape index (κ1) is 30.0. The number of fused-ring (bicyclic) bond motifs is 3. The number of rotatable bonds is 7. The van der Waals surface area contributed by atoms with Gasteiger partial charge < -0.3 is 37.0 Å². The van der Waals surface area contributed by atoms with E-state index in [1.54, 1.807) is 6.07 Å². The molecular weight excluding hydrogens is 556 g/mol. The number of carbonyl (C=O) groups excluding carboxylic acids is 3. The van der Waals surface area contributed by atoms with Crippen LogP contribution in [0, 0.1) is 12.8 Å². The molecule has 2 aromatic rings. The molecule has 0 fully saturated rings. The number of thiol groups is 1. The van der Waals surface area contributed by atoms with Gasteiger partial charge >= 0.3 is 0 Å². The number of benzene rings is 2. The second-order valence-corrected chi connectivity index (χ2v) is 12.3. The van der Waals surface area contributed by atoms with Gasteiger partial charge in [0.1, 0.15) is 17.1 Å². The number of allylic oxidation sites excluding steroid dienone is 1. The van der Waals surface area contributed by atoms with Crippen molar-refractivity contribution in [1.29, 1.82) is 0 Å². The van der Waals surface area contributed by atoms with Crippen LogP contribution in [0.15, 0.2) is 52.1 Å². The monoisotopic (exact) mass is 592 g/mol. The minimum Gasteiger partial charge on any atom is -0.508 e. The summed E-state index contributed by atoms with van der Waals surface area (Å²) in [7, 11) is 4.03. The van der Waals surface area contributed by atoms with Crippen molar-refractivity contribution >= 4 is 30.1 Å². The third-order valence-corrected chi connectivity index (χ3v) is 9.35. The van der Waals surface area contributed by atoms with Crippen molar-refractivity contribution in [2.45, 2.75) is 43.9 Å². The zero-order valence-electron chi connectivity index (χ0n) is 23.8. The van der Waals surface area contributed by atoms with Gasteiger partial charge in [0, 0.05) is 36.5 Å². The smallest absolute Gasteiger partial charge is 0.255 e. The number of nitrogens with zero attached hydrogens (tertiary/aromatic N) is 1. The summed E-state index contributed by atoms with van der Waals surface area (Å²) < 4.78 is 0. The quantitative estimate of drug-likeness (QED) is 0.143. The number of aryl methyl sites for hydroxylation is 1. The van der Waals surface area contributed by atoms with E-state index in [-0.39, 0.29) is 34.6 Å². The van der Waals surface area contributed by atoms with Crippen LogP contribution in [0.1, 0.15) is 39.9 Å².